The first-order chi connectivity index (χ1) is 9.58. The van der Waals surface area contributed by atoms with E-state index in [0.29, 0.717) is 0 Å². The van der Waals surface area contributed by atoms with Crippen LogP contribution in [-0.2, 0) is 4.79 Å². The number of carbonyl (C=O) groups excluding carboxylic acids is 1. The van der Waals surface area contributed by atoms with Crippen molar-refractivity contribution >= 4 is 21.8 Å². The third-order valence-corrected chi connectivity index (χ3v) is 4.64. The molecule has 1 fully saturated rings. The quantitative estimate of drug-likeness (QED) is 0.735. The molecule has 108 valence electrons. The van der Waals surface area contributed by atoms with Crippen LogP contribution in [0.3, 0.4) is 0 Å². The van der Waals surface area contributed by atoms with E-state index in [1.807, 2.05) is 24.3 Å². The van der Waals surface area contributed by atoms with E-state index in [-0.39, 0.29) is 12.1 Å². The molecule has 3 heterocycles. The SMILES string of the molecule is CC1=CC(Br)=CN2C=C(C(=O)N3CCCCC3)N(C)C12. The van der Waals surface area contributed by atoms with E-state index in [1.54, 1.807) is 0 Å². The van der Waals surface area contributed by atoms with Crippen molar-refractivity contribution in [1.82, 2.24) is 14.7 Å². The first kappa shape index (κ1) is 13.7. The van der Waals surface area contributed by atoms with Crippen LogP contribution in [0.15, 0.2) is 34.2 Å². The van der Waals surface area contributed by atoms with Crippen molar-refractivity contribution in [2.45, 2.75) is 32.4 Å². The molecule has 0 saturated carbocycles. The molecule has 3 rings (SSSR count). The van der Waals surface area contributed by atoms with Crippen molar-refractivity contribution in [1.29, 1.82) is 0 Å². The van der Waals surface area contributed by atoms with Gasteiger partial charge in [0.2, 0.25) is 0 Å². The molecule has 5 heteroatoms. The number of piperidine rings is 1. The minimum absolute atomic E-state index is 0.139. The topological polar surface area (TPSA) is 26.8 Å². The average molecular weight is 338 g/mol. The smallest absolute Gasteiger partial charge is 0.271 e. The number of carbonyl (C=O) groups is 1. The molecule has 20 heavy (non-hydrogen) atoms. The second kappa shape index (κ2) is 5.28. The Balaban J connectivity index is 1.83. The van der Waals surface area contributed by atoms with E-state index in [9.17, 15) is 4.79 Å². The summed E-state index contributed by atoms with van der Waals surface area (Å²) in [5.41, 5.74) is 2.03. The third-order valence-electron chi connectivity index (χ3n) is 4.21. The van der Waals surface area contributed by atoms with Crippen molar-refractivity contribution in [3.8, 4) is 0 Å². The molecule has 4 nitrogen and oxygen atoms in total. The van der Waals surface area contributed by atoms with E-state index < -0.39 is 0 Å². The standard InChI is InChI=1S/C15H20BrN3O/c1-11-8-12(16)9-19-10-13(17(2)14(11)19)15(20)18-6-4-3-5-7-18/h8-10,14H,3-7H2,1-2H3. The van der Waals surface area contributed by atoms with Gasteiger partial charge in [0.15, 0.2) is 0 Å². The van der Waals surface area contributed by atoms with Crippen LogP contribution in [0.4, 0.5) is 0 Å². The molecule has 0 aromatic rings. The minimum atomic E-state index is 0.139. The largest absolute Gasteiger partial charge is 0.345 e. The van der Waals surface area contributed by atoms with Gasteiger partial charge in [-0.2, -0.15) is 0 Å². The fourth-order valence-corrected chi connectivity index (χ4v) is 3.82. The summed E-state index contributed by atoms with van der Waals surface area (Å²) in [5.74, 6) is 0.166. The number of likely N-dealkylation sites (tertiary alicyclic amines) is 1. The summed E-state index contributed by atoms with van der Waals surface area (Å²) in [7, 11) is 2.00. The molecular formula is C15H20BrN3O. The fourth-order valence-electron chi connectivity index (χ4n) is 3.22. The minimum Gasteiger partial charge on any atom is -0.345 e. The van der Waals surface area contributed by atoms with Crippen molar-refractivity contribution in [2.75, 3.05) is 20.1 Å². The Labute approximate surface area is 128 Å². The Hall–Kier alpha value is -1.23. The second-order valence-electron chi connectivity index (χ2n) is 5.70. The number of allylic oxidation sites excluding steroid dienone is 2. The van der Waals surface area contributed by atoms with Crippen LogP contribution in [0.1, 0.15) is 26.2 Å². The number of likely N-dealkylation sites (N-methyl/N-ethyl adjacent to an activating group) is 1. The molecule has 0 aromatic heterocycles. The van der Waals surface area contributed by atoms with Crippen LogP contribution in [0.5, 0.6) is 0 Å². The number of halogens is 1. The Bertz CT molecular complexity index is 517. The van der Waals surface area contributed by atoms with Crippen LogP contribution in [-0.4, -0.2) is 46.9 Å². The number of fused-ring (bicyclic) bond motifs is 1. The zero-order chi connectivity index (χ0) is 14.3. The molecule has 0 aliphatic carbocycles. The number of amides is 1. The van der Waals surface area contributed by atoms with Crippen LogP contribution < -0.4 is 0 Å². The maximum absolute atomic E-state index is 12.7. The predicted octanol–water partition coefficient (Wildman–Crippen LogP) is 2.61. The Morgan fingerprint density at radius 1 is 1.25 bits per heavy atom. The van der Waals surface area contributed by atoms with Gasteiger partial charge >= 0.3 is 0 Å². The molecule has 0 radical (unpaired) electrons. The lowest BCUT2D eigenvalue weighted by atomic mass is 10.1. The Morgan fingerprint density at radius 3 is 2.65 bits per heavy atom. The zero-order valence-corrected chi connectivity index (χ0v) is 13.6. The summed E-state index contributed by atoms with van der Waals surface area (Å²) in [6.45, 7) is 3.89. The van der Waals surface area contributed by atoms with Crippen molar-refractivity contribution < 1.29 is 4.79 Å². The van der Waals surface area contributed by atoms with Crippen molar-refractivity contribution in [2.24, 2.45) is 0 Å². The van der Waals surface area contributed by atoms with Gasteiger partial charge in [-0.25, -0.2) is 0 Å². The maximum Gasteiger partial charge on any atom is 0.271 e. The van der Waals surface area contributed by atoms with Gasteiger partial charge in [-0.05, 0) is 53.8 Å². The average Bonchev–Trinajstić information content (AvgIpc) is 2.76. The van der Waals surface area contributed by atoms with E-state index in [2.05, 4.69) is 38.7 Å². The summed E-state index contributed by atoms with van der Waals surface area (Å²) < 4.78 is 1.04. The van der Waals surface area contributed by atoms with Gasteiger partial charge < -0.3 is 14.7 Å². The predicted molar refractivity (Wildman–Crippen MR) is 82.7 cm³/mol. The Morgan fingerprint density at radius 2 is 1.95 bits per heavy atom. The molecule has 0 aromatic carbocycles. The van der Waals surface area contributed by atoms with E-state index in [0.717, 1.165) is 36.1 Å². The number of nitrogens with zero attached hydrogens (tertiary/aromatic N) is 3. The maximum atomic E-state index is 12.7. The van der Waals surface area contributed by atoms with Crippen LogP contribution in [0.25, 0.3) is 0 Å². The van der Waals surface area contributed by atoms with Gasteiger partial charge in [0, 0.05) is 37.0 Å². The third kappa shape index (κ3) is 2.28. The molecule has 1 amide bonds. The molecule has 3 aliphatic rings. The van der Waals surface area contributed by atoms with Gasteiger partial charge in [-0.1, -0.05) is 0 Å². The van der Waals surface area contributed by atoms with Gasteiger partial charge in [0.1, 0.15) is 11.9 Å². The first-order valence-corrected chi connectivity index (χ1v) is 7.94. The van der Waals surface area contributed by atoms with Crippen LogP contribution in [0.2, 0.25) is 0 Å². The molecule has 3 aliphatic heterocycles. The molecule has 1 saturated heterocycles. The molecular weight excluding hydrogens is 318 g/mol. The highest BCUT2D eigenvalue weighted by molar-refractivity contribution is 9.11. The zero-order valence-electron chi connectivity index (χ0n) is 12.0. The van der Waals surface area contributed by atoms with E-state index in [1.165, 1.54) is 12.0 Å². The van der Waals surface area contributed by atoms with Crippen LogP contribution in [0, 0.1) is 0 Å². The monoisotopic (exact) mass is 337 g/mol. The van der Waals surface area contributed by atoms with Crippen LogP contribution >= 0.6 is 15.9 Å². The summed E-state index contributed by atoms with van der Waals surface area (Å²) in [5, 5.41) is 0. The number of rotatable bonds is 1. The van der Waals surface area contributed by atoms with Crippen molar-refractivity contribution in [3.63, 3.8) is 0 Å². The van der Waals surface area contributed by atoms with Crippen molar-refractivity contribution in [3.05, 3.63) is 34.2 Å². The first-order valence-electron chi connectivity index (χ1n) is 7.15. The summed E-state index contributed by atoms with van der Waals surface area (Å²) in [4.78, 5) is 18.9. The Kier molecular flexibility index (Phi) is 3.63. The van der Waals surface area contributed by atoms with E-state index in [4.69, 9.17) is 0 Å². The summed E-state index contributed by atoms with van der Waals surface area (Å²) in [6.07, 6.45) is 9.75. The highest BCUT2D eigenvalue weighted by Crippen LogP contribution is 2.33. The van der Waals surface area contributed by atoms with Gasteiger partial charge in [-0.3, -0.25) is 4.79 Å². The molecule has 1 atom stereocenters. The number of hydrogen-bond donors (Lipinski definition) is 0. The molecule has 0 spiro atoms. The normalized spacial score (nSPS) is 26.1. The lowest BCUT2D eigenvalue weighted by Crippen LogP contribution is -2.42. The highest BCUT2D eigenvalue weighted by Gasteiger charge is 2.36. The summed E-state index contributed by atoms with van der Waals surface area (Å²) >= 11 is 3.52. The van der Waals surface area contributed by atoms with Gasteiger partial charge in [0.05, 0.1) is 0 Å². The lowest BCUT2D eigenvalue weighted by Gasteiger charge is -2.34. The van der Waals surface area contributed by atoms with Gasteiger partial charge in [0.25, 0.3) is 5.91 Å². The molecule has 1 unspecified atom stereocenters. The molecule has 0 N–H and O–H groups in total. The lowest BCUT2D eigenvalue weighted by molar-refractivity contribution is -0.129. The fraction of sp³-hybridized carbons (Fsp3) is 0.533. The second-order valence-corrected chi connectivity index (χ2v) is 6.62. The highest BCUT2D eigenvalue weighted by atomic mass is 79.9. The molecule has 0 bridgehead atoms. The van der Waals surface area contributed by atoms with Gasteiger partial charge in [-0.15, -0.1) is 0 Å². The number of hydrogen-bond acceptors (Lipinski definition) is 3. The van der Waals surface area contributed by atoms with E-state index >= 15 is 0 Å². The summed E-state index contributed by atoms with van der Waals surface area (Å²) in [6, 6.07) is 0.